The van der Waals surface area contributed by atoms with Crippen molar-refractivity contribution in [2.24, 2.45) is 0 Å². The van der Waals surface area contributed by atoms with Crippen LogP contribution in [0.1, 0.15) is 23.1 Å². The third kappa shape index (κ3) is 2.86. The maximum absolute atomic E-state index is 11.4. The van der Waals surface area contributed by atoms with Crippen LogP contribution < -0.4 is 0 Å². The van der Waals surface area contributed by atoms with Crippen molar-refractivity contribution in [1.29, 1.82) is 0 Å². The Hall–Kier alpha value is -3.43. The molecule has 0 aliphatic carbocycles. The molecule has 0 fully saturated rings. The number of hydrogen-bond acceptors (Lipinski definition) is 2. The van der Waals surface area contributed by atoms with Gasteiger partial charge in [-0.3, -0.25) is 0 Å². The van der Waals surface area contributed by atoms with E-state index in [1.807, 2.05) is 60.7 Å². The van der Waals surface area contributed by atoms with Gasteiger partial charge in [0.2, 0.25) is 0 Å². The lowest BCUT2D eigenvalue weighted by Gasteiger charge is -2.16. The molecule has 0 aliphatic heterocycles. The average molecular weight is 364 g/mol. The highest BCUT2D eigenvalue weighted by Gasteiger charge is 2.21. The molecule has 4 aromatic carbocycles. The van der Waals surface area contributed by atoms with E-state index in [-0.39, 0.29) is 0 Å². The summed E-state index contributed by atoms with van der Waals surface area (Å²) in [5.41, 5.74) is 3.98. The quantitative estimate of drug-likeness (QED) is 0.469. The number of aromatic nitrogens is 2. The molecular weight excluding hydrogens is 344 g/mol. The van der Waals surface area contributed by atoms with Gasteiger partial charge in [0.25, 0.3) is 0 Å². The molecule has 1 unspecified atom stereocenters. The monoisotopic (exact) mass is 364 g/mol. The van der Waals surface area contributed by atoms with E-state index in [1.165, 1.54) is 5.56 Å². The molecule has 0 saturated carbocycles. The minimum atomic E-state index is -0.804. The molecule has 136 valence electrons. The number of imidazole rings is 1. The van der Waals surface area contributed by atoms with Crippen molar-refractivity contribution < 1.29 is 5.11 Å². The third-order valence-corrected chi connectivity index (χ3v) is 5.23. The van der Waals surface area contributed by atoms with E-state index in [0.717, 1.165) is 27.4 Å². The fourth-order valence-corrected chi connectivity index (χ4v) is 3.86. The number of benzene rings is 4. The predicted octanol–water partition coefficient (Wildman–Crippen LogP) is 5.32. The highest BCUT2D eigenvalue weighted by molar-refractivity contribution is 5.86. The van der Waals surface area contributed by atoms with Crippen LogP contribution in [0, 0.1) is 0 Å². The van der Waals surface area contributed by atoms with Crippen molar-refractivity contribution in [3.05, 3.63) is 114 Å². The Morgan fingerprint density at radius 1 is 0.750 bits per heavy atom. The fourth-order valence-electron chi connectivity index (χ4n) is 3.86. The summed E-state index contributed by atoms with van der Waals surface area (Å²) in [6, 6.07) is 32.5. The summed E-state index contributed by atoms with van der Waals surface area (Å²) in [5.74, 6) is 0.668. The van der Waals surface area contributed by atoms with E-state index in [2.05, 4.69) is 41.0 Å². The van der Waals surface area contributed by atoms with E-state index in [9.17, 15) is 5.11 Å². The molecule has 0 saturated heterocycles. The van der Waals surface area contributed by atoms with Crippen molar-refractivity contribution in [3.8, 4) is 0 Å². The zero-order chi connectivity index (χ0) is 18.9. The minimum absolute atomic E-state index is 0.665. The van der Waals surface area contributed by atoms with Crippen LogP contribution in [0.5, 0.6) is 0 Å². The molecule has 1 atom stereocenters. The Kier molecular flexibility index (Phi) is 4.15. The molecule has 5 rings (SSSR count). The zero-order valence-electron chi connectivity index (χ0n) is 15.4. The summed E-state index contributed by atoms with van der Waals surface area (Å²) in [7, 11) is 0. The van der Waals surface area contributed by atoms with Gasteiger partial charge >= 0.3 is 0 Å². The van der Waals surface area contributed by atoms with Crippen molar-refractivity contribution in [1.82, 2.24) is 9.55 Å². The van der Waals surface area contributed by atoms with Gasteiger partial charge in [-0.25, -0.2) is 4.98 Å². The Morgan fingerprint density at radius 3 is 2.36 bits per heavy atom. The van der Waals surface area contributed by atoms with Crippen LogP contribution in [0.15, 0.2) is 97.1 Å². The first kappa shape index (κ1) is 16.7. The highest BCUT2D eigenvalue weighted by Crippen LogP contribution is 2.31. The second-order valence-corrected chi connectivity index (χ2v) is 7.00. The Balaban J connectivity index is 1.68. The highest BCUT2D eigenvalue weighted by atomic mass is 16.3. The van der Waals surface area contributed by atoms with Gasteiger partial charge in [0.05, 0.1) is 11.0 Å². The van der Waals surface area contributed by atoms with Gasteiger partial charge in [-0.2, -0.15) is 0 Å². The molecule has 1 N–H and O–H groups in total. The van der Waals surface area contributed by atoms with Crippen molar-refractivity contribution in [2.75, 3.05) is 0 Å². The second-order valence-electron chi connectivity index (χ2n) is 7.00. The second kappa shape index (κ2) is 6.95. The van der Waals surface area contributed by atoms with E-state index in [0.29, 0.717) is 12.4 Å². The minimum Gasteiger partial charge on any atom is -0.380 e. The van der Waals surface area contributed by atoms with Gasteiger partial charge < -0.3 is 9.67 Å². The summed E-state index contributed by atoms with van der Waals surface area (Å²) in [4.78, 5) is 4.80. The normalized spacial score (nSPS) is 12.5. The summed E-state index contributed by atoms with van der Waals surface area (Å²) in [6.45, 7) is 0.665. The van der Waals surface area contributed by atoms with Crippen molar-refractivity contribution in [2.45, 2.75) is 12.6 Å². The van der Waals surface area contributed by atoms with Gasteiger partial charge in [0.15, 0.2) is 0 Å². The first-order valence-electron chi connectivity index (χ1n) is 9.46. The standard InChI is InChI=1S/C25H20N2O/c28-24(21-14-8-12-19-11-4-5-13-20(19)21)25-26-22-15-6-7-16-23(22)27(25)17-18-9-2-1-3-10-18/h1-16,24,28H,17H2. The number of nitrogens with zero attached hydrogens (tertiary/aromatic N) is 2. The molecule has 0 bridgehead atoms. The number of hydrogen-bond donors (Lipinski definition) is 1. The third-order valence-electron chi connectivity index (χ3n) is 5.23. The van der Waals surface area contributed by atoms with Crippen LogP contribution in [-0.2, 0) is 6.54 Å². The van der Waals surface area contributed by atoms with Gasteiger partial charge in [-0.1, -0.05) is 84.9 Å². The van der Waals surface area contributed by atoms with E-state index >= 15 is 0 Å². The smallest absolute Gasteiger partial charge is 0.143 e. The van der Waals surface area contributed by atoms with Gasteiger partial charge in [-0.15, -0.1) is 0 Å². The predicted molar refractivity (Wildman–Crippen MR) is 113 cm³/mol. The number of aliphatic hydroxyl groups is 1. The van der Waals surface area contributed by atoms with E-state index in [4.69, 9.17) is 4.98 Å². The fraction of sp³-hybridized carbons (Fsp3) is 0.0800. The Labute approximate surface area is 163 Å². The van der Waals surface area contributed by atoms with Gasteiger partial charge in [0, 0.05) is 6.54 Å². The summed E-state index contributed by atoms with van der Waals surface area (Å²) < 4.78 is 2.12. The molecule has 0 amide bonds. The van der Waals surface area contributed by atoms with E-state index < -0.39 is 6.10 Å². The summed E-state index contributed by atoms with van der Waals surface area (Å²) in [5, 5.41) is 13.5. The largest absolute Gasteiger partial charge is 0.380 e. The van der Waals surface area contributed by atoms with Crippen LogP contribution in [0.4, 0.5) is 0 Å². The van der Waals surface area contributed by atoms with Crippen LogP contribution in [-0.4, -0.2) is 14.7 Å². The molecule has 3 heteroatoms. The van der Waals surface area contributed by atoms with Crippen molar-refractivity contribution in [3.63, 3.8) is 0 Å². The molecule has 28 heavy (non-hydrogen) atoms. The SMILES string of the molecule is OC(c1cccc2ccccc12)c1nc2ccccc2n1Cc1ccccc1. The summed E-state index contributed by atoms with van der Waals surface area (Å²) in [6.07, 6.45) is -0.804. The topological polar surface area (TPSA) is 38.1 Å². The Morgan fingerprint density at radius 2 is 1.46 bits per heavy atom. The molecule has 1 aromatic heterocycles. The van der Waals surface area contributed by atoms with Crippen LogP contribution in [0.25, 0.3) is 21.8 Å². The lowest BCUT2D eigenvalue weighted by atomic mass is 10.00. The lowest BCUT2D eigenvalue weighted by Crippen LogP contribution is -2.11. The number of para-hydroxylation sites is 2. The molecule has 5 aromatic rings. The van der Waals surface area contributed by atoms with Gasteiger partial charge in [0.1, 0.15) is 11.9 Å². The molecule has 0 spiro atoms. The molecule has 3 nitrogen and oxygen atoms in total. The first-order valence-corrected chi connectivity index (χ1v) is 9.46. The van der Waals surface area contributed by atoms with Crippen LogP contribution >= 0.6 is 0 Å². The maximum Gasteiger partial charge on any atom is 0.143 e. The molecule has 0 aliphatic rings. The van der Waals surface area contributed by atoms with Crippen LogP contribution in [0.2, 0.25) is 0 Å². The molecular formula is C25H20N2O. The lowest BCUT2D eigenvalue weighted by molar-refractivity contribution is 0.207. The van der Waals surface area contributed by atoms with Gasteiger partial charge in [-0.05, 0) is 34.0 Å². The molecule has 0 radical (unpaired) electrons. The van der Waals surface area contributed by atoms with E-state index in [1.54, 1.807) is 0 Å². The summed E-state index contributed by atoms with van der Waals surface area (Å²) >= 11 is 0. The number of fused-ring (bicyclic) bond motifs is 2. The molecule has 1 heterocycles. The van der Waals surface area contributed by atoms with Crippen LogP contribution in [0.3, 0.4) is 0 Å². The first-order chi connectivity index (χ1) is 13.8. The zero-order valence-corrected chi connectivity index (χ0v) is 15.4. The average Bonchev–Trinajstić information content (AvgIpc) is 3.12. The van der Waals surface area contributed by atoms with Crippen molar-refractivity contribution >= 4 is 21.8 Å². The number of rotatable bonds is 4. The Bertz CT molecular complexity index is 1250. The maximum atomic E-state index is 11.4. The number of aliphatic hydroxyl groups excluding tert-OH is 1.